The van der Waals surface area contributed by atoms with Crippen molar-refractivity contribution in [2.45, 2.75) is 13.3 Å². The zero-order valence-electron chi connectivity index (χ0n) is 10.2. The Morgan fingerprint density at radius 3 is 2.78 bits per heavy atom. The summed E-state index contributed by atoms with van der Waals surface area (Å²) in [5, 5.41) is 2.79. The van der Waals surface area contributed by atoms with Gasteiger partial charge in [0.1, 0.15) is 0 Å². The number of carbonyl (C=O) groups is 2. The van der Waals surface area contributed by atoms with E-state index in [2.05, 4.69) is 5.32 Å². The van der Waals surface area contributed by atoms with Crippen LogP contribution in [0.2, 0.25) is 0 Å². The number of hydrogen-bond acceptors (Lipinski definition) is 4. The highest BCUT2D eigenvalue weighted by Crippen LogP contribution is 2.18. The Labute approximate surface area is 110 Å². The maximum atomic E-state index is 11.6. The molecule has 1 aromatic rings. The van der Waals surface area contributed by atoms with E-state index >= 15 is 0 Å². The molecule has 0 heterocycles. The summed E-state index contributed by atoms with van der Waals surface area (Å²) in [6.45, 7) is 1.90. The first-order chi connectivity index (χ1) is 8.49. The average Bonchev–Trinajstić information content (AvgIpc) is 2.29. The SMILES string of the molecule is Cc1ccc(N)cc1NC(=O)CCSCC(N)=O. The lowest BCUT2D eigenvalue weighted by Crippen LogP contribution is -2.16. The molecule has 0 fully saturated rings. The summed E-state index contributed by atoms with van der Waals surface area (Å²) in [7, 11) is 0. The van der Waals surface area contributed by atoms with Gasteiger partial charge in [-0.15, -0.1) is 0 Å². The molecule has 5 nitrogen and oxygen atoms in total. The van der Waals surface area contributed by atoms with Crippen LogP contribution < -0.4 is 16.8 Å². The molecule has 0 bridgehead atoms. The van der Waals surface area contributed by atoms with E-state index in [9.17, 15) is 9.59 Å². The Morgan fingerprint density at radius 1 is 1.39 bits per heavy atom. The number of nitrogens with two attached hydrogens (primary N) is 2. The van der Waals surface area contributed by atoms with Gasteiger partial charge in [0.25, 0.3) is 0 Å². The molecule has 0 saturated heterocycles. The summed E-state index contributed by atoms with van der Waals surface area (Å²) in [5.41, 5.74) is 12.9. The molecule has 0 aliphatic heterocycles. The predicted molar refractivity (Wildman–Crippen MR) is 75.4 cm³/mol. The number of carbonyl (C=O) groups excluding carboxylic acids is 2. The molecule has 0 aliphatic rings. The van der Waals surface area contributed by atoms with Crippen molar-refractivity contribution >= 4 is 35.0 Å². The van der Waals surface area contributed by atoms with E-state index in [1.807, 2.05) is 13.0 Å². The van der Waals surface area contributed by atoms with Crippen LogP contribution >= 0.6 is 11.8 Å². The van der Waals surface area contributed by atoms with Crippen molar-refractivity contribution in [2.24, 2.45) is 5.73 Å². The van der Waals surface area contributed by atoms with Crippen molar-refractivity contribution in [3.05, 3.63) is 23.8 Å². The summed E-state index contributed by atoms with van der Waals surface area (Å²) in [5.74, 6) is 0.341. The van der Waals surface area contributed by atoms with Crippen LogP contribution in [0.5, 0.6) is 0 Å². The molecule has 0 unspecified atom stereocenters. The highest BCUT2D eigenvalue weighted by atomic mass is 32.2. The van der Waals surface area contributed by atoms with E-state index in [1.54, 1.807) is 12.1 Å². The Morgan fingerprint density at radius 2 is 2.11 bits per heavy atom. The Kier molecular flexibility index (Phi) is 5.51. The molecule has 0 aromatic heterocycles. The molecule has 5 N–H and O–H groups in total. The molecule has 2 amide bonds. The molecular weight excluding hydrogens is 250 g/mol. The van der Waals surface area contributed by atoms with Crippen molar-refractivity contribution in [3.63, 3.8) is 0 Å². The fourth-order valence-electron chi connectivity index (χ4n) is 1.32. The van der Waals surface area contributed by atoms with Crippen molar-refractivity contribution in [1.82, 2.24) is 0 Å². The van der Waals surface area contributed by atoms with E-state index < -0.39 is 0 Å². The summed E-state index contributed by atoms with van der Waals surface area (Å²) in [6, 6.07) is 5.37. The van der Waals surface area contributed by atoms with E-state index in [-0.39, 0.29) is 17.6 Å². The van der Waals surface area contributed by atoms with Gasteiger partial charge >= 0.3 is 0 Å². The summed E-state index contributed by atoms with van der Waals surface area (Å²) < 4.78 is 0. The second-order valence-corrected chi connectivity index (χ2v) is 5.00. The van der Waals surface area contributed by atoms with Gasteiger partial charge in [0, 0.05) is 23.5 Å². The zero-order valence-corrected chi connectivity index (χ0v) is 11.0. The fraction of sp³-hybridized carbons (Fsp3) is 0.333. The molecule has 0 saturated carbocycles. The molecule has 0 aliphatic carbocycles. The third kappa shape index (κ3) is 5.09. The standard InChI is InChI=1S/C12H17N3O2S/c1-8-2-3-9(13)6-10(8)15-12(17)4-5-18-7-11(14)16/h2-3,6H,4-5,7,13H2,1H3,(H2,14,16)(H,15,17). The molecule has 0 spiro atoms. The maximum absolute atomic E-state index is 11.6. The molecule has 6 heteroatoms. The van der Waals surface area contributed by atoms with Crippen LogP contribution in [0.15, 0.2) is 18.2 Å². The Balaban J connectivity index is 2.40. The van der Waals surface area contributed by atoms with E-state index in [0.29, 0.717) is 17.9 Å². The first kappa shape index (κ1) is 14.4. The van der Waals surface area contributed by atoms with Crippen LogP contribution in [0.4, 0.5) is 11.4 Å². The number of amides is 2. The monoisotopic (exact) mass is 267 g/mol. The van der Waals surface area contributed by atoms with Gasteiger partial charge in [-0.3, -0.25) is 9.59 Å². The summed E-state index contributed by atoms with van der Waals surface area (Å²) >= 11 is 1.35. The number of aryl methyl sites for hydroxylation is 1. The van der Waals surface area contributed by atoms with Gasteiger partial charge in [-0.1, -0.05) is 6.07 Å². The lowest BCUT2D eigenvalue weighted by Gasteiger charge is -2.08. The van der Waals surface area contributed by atoms with Crippen LogP contribution in [0.3, 0.4) is 0 Å². The van der Waals surface area contributed by atoms with Crippen LogP contribution in [-0.4, -0.2) is 23.3 Å². The fourth-order valence-corrected chi connectivity index (χ4v) is 2.00. The van der Waals surface area contributed by atoms with E-state index in [4.69, 9.17) is 11.5 Å². The van der Waals surface area contributed by atoms with Crippen LogP contribution in [0.25, 0.3) is 0 Å². The number of nitrogen functional groups attached to an aromatic ring is 1. The van der Waals surface area contributed by atoms with Crippen LogP contribution in [0, 0.1) is 6.92 Å². The van der Waals surface area contributed by atoms with E-state index in [1.165, 1.54) is 11.8 Å². The first-order valence-corrected chi connectivity index (χ1v) is 6.66. The smallest absolute Gasteiger partial charge is 0.227 e. The number of primary amides is 1. The highest BCUT2D eigenvalue weighted by Gasteiger charge is 2.05. The second-order valence-electron chi connectivity index (χ2n) is 3.89. The molecule has 18 heavy (non-hydrogen) atoms. The van der Waals surface area contributed by atoms with Gasteiger partial charge in [-0.2, -0.15) is 11.8 Å². The average molecular weight is 267 g/mol. The zero-order chi connectivity index (χ0) is 13.5. The van der Waals surface area contributed by atoms with Crippen molar-refractivity contribution in [1.29, 1.82) is 0 Å². The molecular formula is C12H17N3O2S. The molecule has 1 rings (SSSR count). The highest BCUT2D eigenvalue weighted by molar-refractivity contribution is 7.99. The molecule has 0 radical (unpaired) electrons. The van der Waals surface area contributed by atoms with Gasteiger partial charge in [0.2, 0.25) is 11.8 Å². The lowest BCUT2D eigenvalue weighted by molar-refractivity contribution is -0.116. The van der Waals surface area contributed by atoms with Crippen LogP contribution in [-0.2, 0) is 9.59 Å². The quantitative estimate of drug-likeness (QED) is 0.531. The topological polar surface area (TPSA) is 98.2 Å². The van der Waals surface area contributed by atoms with Crippen molar-refractivity contribution in [3.8, 4) is 0 Å². The number of benzene rings is 1. The minimum absolute atomic E-state index is 0.0966. The summed E-state index contributed by atoms with van der Waals surface area (Å²) in [4.78, 5) is 22.1. The number of anilines is 2. The van der Waals surface area contributed by atoms with Gasteiger partial charge in [-0.25, -0.2) is 0 Å². The number of thioether (sulfide) groups is 1. The molecule has 98 valence electrons. The molecule has 0 atom stereocenters. The number of hydrogen-bond donors (Lipinski definition) is 3. The first-order valence-electron chi connectivity index (χ1n) is 5.51. The Bertz CT molecular complexity index is 449. The number of rotatable bonds is 6. The summed E-state index contributed by atoms with van der Waals surface area (Å²) in [6.07, 6.45) is 0.339. The van der Waals surface area contributed by atoms with E-state index in [0.717, 1.165) is 11.3 Å². The van der Waals surface area contributed by atoms with Crippen molar-refractivity contribution < 1.29 is 9.59 Å². The predicted octanol–water partition coefficient (Wildman–Crippen LogP) is 1.12. The van der Waals surface area contributed by atoms with Gasteiger partial charge in [0.05, 0.1) is 5.75 Å². The second kappa shape index (κ2) is 6.90. The third-order valence-corrected chi connectivity index (χ3v) is 3.23. The minimum atomic E-state index is -0.368. The lowest BCUT2D eigenvalue weighted by atomic mass is 10.2. The minimum Gasteiger partial charge on any atom is -0.399 e. The third-order valence-electron chi connectivity index (χ3n) is 2.25. The largest absolute Gasteiger partial charge is 0.399 e. The normalized spacial score (nSPS) is 10.1. The van der Waals surface area contributed by atoms with Gasteiger partial charge in [-0.05, 0) is 24.6 Å². The Hall–Kier alpha value is -1.69. The van der Waals surface area contributed by atoms with Gasteiger partial charge < -0.3 is 16.8 Å². The maximum Gasteiger partial charge on any atom is 0.227 e. The van der Waals surface area contributed by atoms with Gasteiger partial charge in [0.15, 0.2) is 0 Å². The molecule has 1 aromatic carbocycles. The van der Waals surface area contributed by atoms with Crippen LogP contribution in [0.1, 0.15) is 12.0 Å². The van der Waals surface area contributed by atoms with Crippen molar-refractivity contribution in [2.75, 3.05) is 22.6 Å². The number of nitrogens with one attached hydrogen (secondary N) is 1.